The summed E-state index contributed by atoms with van der Waals surface area (Å²) in [5.41, 5.74) is 5.60. The zero-order valence-corrected chi connectivity index (χ0v) is 13.8. The van der Waals surface area contributed by atoms with Crippen molar-refractivity contribution in [2.75, 3.05) is 0 Å². The van der Waals surface area contributed by atoms with Crippen LogP contribution in [0.25, 0.3) is 0 Å². The molecule has 4 nitrogen and oxygen atoms in total. The Hall–Kier alpha value is -0.400. The number of halogens is 3. The lowest BCUT2D eigenvalue weighted by molar-refractivity contribution is -0.115. The Morgan fingerprint density at radius 2 is 1.65 bits per heavy atom. The van der Waals surface area contributed by atoms with Crippen LogP contribution in [0.5, 0.6) is 0 Å². The predicted octanol–water partition coefficient (Wildman–Crippen LogP) is 3.47. The largest absolute Gasteiger partial charge is 0.478 e. The van der Waals surface area contributed by atoms with Crippen molar-refractivity contribution in [2.24, 2.45) is 5.73 Å². The van der Waals surface area contributed by atoms with Crippen LogP contribution >= 0.6 is 47.8 Å². The van der Waals surface area contributed by atoms with Crippen molar-refractivity contribution in [1.82, 2.24) is 0 Å². The number of carboxylic acids is 1. The first-order valence-corrected chi connectivity index (χ1v) is 6.69. The van der Waals surface area contributed by atoms with Gasteiger partial charge in [0, 0.05) is 20.3 Å². The molecule has 7 heteroatoms. The second-order valence-corrected chi connectivity index (χ2v) is 5.57. The topological polar surface area (TPSA) is 80.4 Å². The summed E-state index contributed by atoms with van der Waals surface area (Å²) in [6.45, 7) is 3.15. The van der Waals surface area contributed by atoms with Crippen molar-refractivity contribution >= 4 is 59.7 Å². The summed E-state index contributed by atoms with van der Waals surface area (Å²) in [6, 6.07) is 1.73. The third-order valence-electron chi connectivity index (χ3n) is 1.61. The van der Waals surface area contributed by atoms with Crippen LogP contribution in [0.2, 0.25) is 0 Å². The lowest BCUT2D eigenvalue weighted by Gasteiger charge is -2.07. The van der Waals surface area contributed by atoms with Gasteiger partial charge in [-0.25, -0.2) is 4.79 Å². The van der Waals surface area contributed by atoms with Gasteiger partial charge < -0.3 is 10.8 Å². The number of primary amides is 1. The fraction of sp³-hybridized carbons (Fsp3) is 0.200. The third-order valence-corrected chi connectivity index (χ3v) is 4.05. The van der Waals surface area contributed by atoms with E-state index in [1.165, 1.54) is 6.92 Å². The summed E-state index contributed by atoms with van der Waals surface area (Å²) < 4.78 is 2.03. The van der Waals surface area contributed by atoms with Gasteiger partial charge in [-0.15, -0.1) is 0 Å². The highest BCUT2D eigenvalue weighted by molar-refractivity contribution is 9.11. The van der Waals surface area contributed by atoms with Gasteiger partial charge in [0.05, 0.1) is 5.56 Å². The van der Waals surface area contributed by atoms with Gasteiger partial charge in [-0.2, -0.15) is 0 Å². The average Bonchev–Trinajstić information content (AvgIpc) is 2.12. The number of rotatable bonds is 1. The molecule has 17 heavy (non-hydrogen) atoms. The monoisotopic (exact) mass is 429 g/mol. The zero-order valence-electron chi connectivity index (χ0n) is 9.05. The van der Waals surface area contributed by atoms with Gasteiger partial charge in [0.2, 0.25) is 5.91 Å². The van der Waals surface area contributed by atoms with Gasteiger partial charge in [0.15, 0.2) is 0 Å². The fourth-order valence-electron chi connectivity index (χ4n) is 0.885. The summed E-state index contributed by atoms with van der Waals surface area (Å²) in [6.07, 6.45) is 0. The van der Waals surface area contributed by atoms with E-state index in [0.717, 1.165) is 10.0 Å². The van der Waals surface area contributed by atoms with E-state index in [9.17, 15) is 9.59 Å². The van der Waals surface area contributed by atoms with Gasteiger partial charge in [0.25, 0.3) is 0 Å². The van der Waals surface area contributed by atoms with Crippen LogP contribution in [0.1, 0.15) is 22.8 Å². The van der Waals surface area contributed by atoms with Crippen LogP contribution in [0.3, 0.4) is 0 Å². The van der Waals surface area contributed by atoms with E-state index >= 15 is 0 Å². The zero-order chi connectivity index (χ0) is 13.7. The fourth-order valence-corrected chi connectivity index (χ4v) is 3.34. The van der Waals surface area contributed by atoms with Crippen molar-refractivity contribution in [2.45, 2.75) is 13.8 Å². The van der Waals surface area contributed by atoms with E-state index in [0.29, 0.717) is 8.95 Å². The van der Waals surface area contributed by atoms with Crippen molar-refractivity contribution in [1.29, 1.82) is 0 Å². The smallest absolute Gasteiger partial charge is 0.338 e. The third kappa shape index (κ3) is 5.18. The molecule has 0 aliphatic heterocycles. The molecule has 1 amide bonds. The molecule has 0 saturated carbocycles. The molecule has 0 unspecified atom stereocenters. The molecule has 0 spiro atoms. The average molecular weight is 432 g/mol. The number of benzene rings is 1. The Morgan fingerprint density at radius 3 is 2.00 bits per heavy atom. The highest BCUT2D eigenvalue weighted by Gasteiger charge is 2.16. The van der Waals surface area contributed by atoms with Crippen molar-refractivity contribution in [3.05, 3.63) is 30.6 Å². The number of nitrogens with two attached hydrogens (primary N) is 1. The van der Waals surface area contributed by atoms with Crippen LogP contribution in [-0.4, -0.2) is 17.0 Å². The molecule has 1 aromatic rings. The number of aromatic carboxylic acids is 1. The molecule has 0 saturated heterocycles. The van der Waals surface area contributed by atoms with Crippen LogP contribution < -0.4 is 5.73 Å². The molecule has 3 N–H and O–H groups in total. The quantitative estimate of drug-likeness (QED) is 0.714. The number of carbonyl (C=O) groups is 2. The molecule has 0 radical (unpaired) electrons. The molecule has 0 aromatic heterocycles. The molecule has 1 rings (SSSR count). The highest BCUT2D eigenvalue weighted by Crippen LogP contribution is 2.33. The molecule has 0 aliphatic carbocycles. The second-order valence-electron chi connectivity index (χ2n) is 3.07. The van der Waals surface area contributed by atoms with Crippen LogP contribution in [0.15, 0.2) is 19.5 Å². The van der Waals surface area contributed by atoms with Crippen molar-refractivity contribution in [3.63, 3.8) is 0 Å². The minimum Gasteiger partial charge on any atom is -0.478 e. The molecular weight excluding hydrogens is 422 g/mol. The highest BCUT2D eigenvalue weighted by atomic mass is 79.9. The molecule has 94 valence electrons. The standard InChI is InChI=1S/C8H5Br3O2.C2H5NO/c1-3-4(9)2-5(10)6(7(3)11)8(12)13;1-2(3)4/h2H,1H3,(H,12,13);1H3,(H2,3,4). The number of amides is 1. The maximum atomic E-state index is 10.8. The number of carboxylic acid groups (broad SMARTS) is 1. The molecule has 0 atom stereocenters. The Morgan fingerprint density at radius 1 is 1.24 bits per heavy atom. The summed E-state index contributed by atoms with van der Waals surface area (Å²) in [5, 5.41) is 8.89. The first kappa shape index (κ1) is 16.6. The van der Waals surface area contributed by atoms with E-state index < -0.39 is 5.97 Å². The van der Waals surface area contributed by atoms with Crippen molar-refractivity contribution in [3.8, 4) is 0 Å². The van der Waals surface area contributed by atoms with E-state index in [4.69, 9.17) is 5.11 Å². The predicted molar refractivity (Wildman–Crippen MR) is 76.1 cm³/mol. The van der Waals surface area contributed by atoms with E-state index in [1.54, 1.807) is 6.07 Å². The molecule has 0 bridgehead atoms. The first-order valence-electron chi connectivity index (χ1n) is 4.31. The Balaban J connectivity index is 0.000000557. The molecule has 1 aromatic carbocycles. The van der Waals surface area contributed by atoms with Gasteiger partial charge in [0.1, 0.15) is 0 Å². The van der Waals surface area contributed by atoms with E-state index in [2.05, 4.69) is 53.5 Å². The Labute approximate surface area is 124 Å². The summed E-state index contributed by atoms with van der Waals surface area (Å²) in [5.74, 6) is -1.28. The lowest BCUT2D eigenvalue weighted by atomic mass is 10.1. The second kappa shape index (κ2) is 7.13. The summed E-state index contributed by atoms with van der Waals surface area (Å²) in [7, 11) is 0. The number of carbonyl (C=O) groups excluding carboxylic acids is 1. The van der Waals surface area contributed by atoms with Crippen LogP contribution in [0, 0.1) is 6.92 Å². The SMILES string of the molecule is CC(N)=O.Cc1c(Br)cc(Br)c(C(=O)O)c1Br. The maximum Gasteiger partial charge on any atom is 0.338 e. The normalized spacial score (nSPS) is 9.24. The first-order chi connectivity index (χ1) is 7.68. The molecule has 0 aliphatic rings. The summed E-state index contributed by atoms with van der Waals surface area (Å²) in [4.78, 5) is 20.1. The van der Waals surface area contributed by atoms with Gasteiger partial charge in [-0.1, -0.05) is 15.9 Å². The van der Waals surface area contributed by atoms with Crippen LogP contribution in [0.4, 0.5) is 0 Å². The van der Waals surface area contributed by atoms with Gasteiger partial charge in [-0.3, -0.25) is 4.79 Å². The summed E-state index contributed by atoms with van der Waals surface area (Å²) >= 11 is 9.76. The Kier molecular flexibility index (Phi) is 6.96. The molecule has 0 heterocycles. The van der Waals surface area contributed by atoms with Gasteiger partial charge >= 0.3 is 5.97 Å². The van der Waals surface area contributed by atoms with E-state index in [-0.39, 0.29) is 11.5 Å². The van der Waals surface area contributed by atoms with Gasteiger partial charge in [-0.05, 0) is 50.4 Å². The van der Waals surface area contributed by atoms with Crippen LogP contribution in [-0.2, 0) is 4.79 Å². The maximum absolute atomic E-state index is 10.8. The van der Waals surface area contributed by atoms with E-state index in [1.807, 2.05) is 6.92 Å². The number of hydrogen-bond donors (Lipinski definition) is 2. The lowest BCUT2D eigenvalue weighted by Crippen LogP contribution is -2.01. The molecular formula is C10H10Br3NO3. The minimum absolute atomic E-state index is 0.251. The van der Waals surface area contributed by atoms with Crippen molar-refractivity contribution < 1.29 is 14.7 Å². The Bertz CT molecular complexity index is 457. The number of hydrogen-bond acceptors (Lipinski definition) is 2. The minimum atomic E-state index is -0.950. The molecule has 0 fully saturated rings.